The van der Waals surface area contributed by atoms with Crippen LogP contribution in [-0.4, -0.2) is 51.4 Å². The maximum atomic E-state index is 12.6. The molecule has 0 aromatic heterocycles. The Morgan fingerprint density at radius 3 is 2.15 bits per heavy atom. The van der Waals surface area contributed by atoms with Gasteiger partial charge in [0.2, 0.25) is 5.75 Å². The molecular formula is C19H26N2O6. The summed E-state index contributed by atoms with van der Waals surface area (Å²) in [5.74, 6) is 0.812. The molecule has 0 radical (unpaired) electrons. The molecule has 8 nitrogen and oxygen atoms in total. The van der Waals surface area contributed by atoms with Gasteiger partial charge in [-0.05, 0) is 38.5 Å². The van der Waals surface area contributed by atoms with E-state index in [0.717, 1.165) is 0 Å². The lowest BCUT2D eigenvalue weighted by Crippen LogP contribution is -2.47. The average Bonchev–Trinajstić information content (AvgIpc) is 2.66. The van der Waals surface area contributed by atoms with E-state index < -0.39 is 12.0 Å². The molecule has 1 aliphatic rings. The highest BCUT2D eigenvalue weighted by Crippen LogP contribution is 2.42. The van der Waals surface area contributed by atoms with Crippen molar-refractivity contribution in [3.05, 3.63) is 29.0 Å². The van der Waals surface area contributed by atoms with Gasteiger partial charge in [0.05, 0.1) is 39.6 Å². The molecule has 2 amide bonds. The minimum Gasteiger partial charge on any atom is -0.493 e. The molecule has 8 heteroatoms. The van der Waals surface area contributed by atoms with E-state index in [-0.39, 0.29) is 12.6 Å². The van der Waals surface area contributed by atoms with E-state index in [1.807, 2.05) is 6.92 Å². The van der Waals surface area contributed by atoms with Crippen LogP contribution in [0, 0.1) is 0 Å². The van der Waals surface area contributed by atoms with Crippen molar-refractivity contribution in [2.24, 2.45) is 0 Å². The highest BCUT2D eigenvalue weighted by atomic mass is 16.5. The zero-order valence-corrected chi connectivity index (χ0v) is 16.5. The van der Waals surface area contributed by atoms with Gasteiger partial charge in [0, 0.05) is 12.2 Å². The van der Waals surface area contributed by atoms with Crippen LogP contribution in [0.1, 0.15) is 32.4 Å². The van der Waals surface area contributed by atoms with Crippen molar-refractivity contribution in [1.29, 1.82) is 0 Å². The van der Waals surface area contributed by atoms with Crippen LogP contribution in [-0.2, 0) is 9.53 Å². The summed E-state index contributed by atoms with van der Waals surface area (Å²) < 4.78 is 21.3. The van der Waals surface area contributed by atoms with E-state index in [1.165, 1.54) is 26.2 Å². The number of carbonyl (C=O) groups excluding carboxylic acids is 2. The van der Waals surface area contributed by atoms with E-state index in [2.05, 4.69) is 5.32 Å². The first kappa shape index (κ1) is 20.4. The SMILES string of the molecule is CCOC(=O)C1=C(C)N(CC)C(=O)N[C@H]1c1cc(OC)c(OC)c(OC)c1. The summed E-state index contributed by atoms with van der Waals surface area (Å²) in [5, 5.41) is 2.87. The monoisotopic (exact) mass is 378 g/mol. The molecule has 0 saturated heterocycles. The number of ether oxygens (including phenoxy) is 4. The Bertz CT molecular complexity index is 734. The lowest BCUT2D eigenvalue weighted by molar-refractivity contribution is -0.139. The lowest BCUT2D eigenvalue weighted by atomic mass is 9.94. The molecule has 27 heavy (non-hydrogen) atoms. The standard InChI is InChI=1S/C19H26N2O6/c1-7-21-11(3)15(18(22)27-8-2)16(20-19(21)23)12-9-13(24-4)17(26-6)14(10-12)25-5/h9-10,16H,7-8H2,1-6H3,(H,20,23)/t16-/m0/s1. The van der Waals surface area contributed by atoms with Crippen LogP contribution in [0.3, 0.4) is 0 Å². The topological polar surface area (TPSA) is 86.3 Å². The van der Waals surface area contributed by atoms with E-state index in [0.29, 0.717) is 40.6 Å². The summed E-state index contributed by atoms with van der Waals surface area (Å²) in [6, 6.07) is 2.43. The quantitative estimate of drug-likeness (QED) is 0.734. The van der Waals surface area contributed by atoms with Gasteiger partial charge in [0.15, 0.2) is 11.5 Å². The molecule has 1 aromatic carbocycles. The zero-order valence-electron chi connectivity index (χ0n) is 16.5. The molecule has 1 aromatic rings. The van der Waals surface area contributed by atoms with Crippen molar-refractivity contribution in [3.8, 4) is 17.2 Å². The molecule has 148 valence electrons. The minimum atomic E-state index is -0.701. The van der Waals surface area contributed by atoms with Crippen molar-refractivity contribution in [2.45, 2.75) is 26.8 Å². The molecule has 0 aliphatic carbocycles. The number of benzene rings is 1. The normalized spacial score (nSPS) is 16.7. The maximum Gasteiger partial charge on any atom is 0.338 e. The number of rotatable bonds is 7. The second-order valence-corrected chi connectivity index (χ2v) is 5.80. The van der Waals surface area contributed by atoms with Crippen LogP contribution in [0.2, 0.25) is 0 Å². The van der Waals surface area contributed by atoms with Gasteiger partial charge < -0.3 is 24.3 Å². The number of amides is 2. The van der Waals surface area contributed by atoms with Crippen LogP contribution < -0.4 is 19.5 Å². The number of hydrogen-bond acceptors (Lipinski definition) is 6. The second-order valence-electron chi connectivity index (χ2n) is 5.80. The van der Waals surface area contributed by atoms with Gasteiger partial charge >= 0.3 is 12.0 Å². The summed E-state index contributed by atoms with van der Waals surface area (Å²) in [4.78, 5) is 26.7. The number of carbonyl (C=O) groups is 2. The zero-order chi connectivity index (χ0) is 20.1. The van der Waals surface area contributed by atoms with Crippen LogP contribution in [0.25, 0.3) is 0 Å². The Morgan fingerprint density at radius 2 is 1.70 bits per heavy atom. The molecule has 1 aliphatic heterocycles. The van der Waals surface area contributed by atoms with E-state index in [4.69, 9.17) is 18.9 Å². The third-order valence-electron chi connectivity index (χ3n) is 4.43. The predicted molar refractivity (Wildman–Crippen MR) is 99.1 cm³/mol. The van der Waals surface area contributed by atoms with Crippen LogP contribution in [0.15, 0.2) is 23.4 Å². The number of nitrogens with one attached hydrogen (secondary N) is 1. The summed E-state index contributed by atoms with van der Waals surface area (Å²) in [6.07, 6.45) is 0. The van der Waals surface area contributed by atoms with Gasteiger partial charge in [0.1, 0.15) is 0 Å². The van der Waals surface area contributed by atoms with Gasteiger partial charge in [0.25, 0.3) is 0 Å². The molecule has 0 unspecified atom stereocenters. The van der Waals surface area contributed by atoms with Crippen molar-refractivity contribution in [1.82, 2.24) is 10.2 Å². The highest BCUT2D eigenvalue weighted by Gasteiger charge is 2.36. The number of hydrogen-bond donors (Lipinski definition) is 1. The molecule has 1 N–H and O–H groups in total. The van der Waals surface area contributed by atoms with E-state index >= 15 is 0 Å². The Labute approximate surface area is 159 Å². The number of esters is 1. The molecule has 0 spiro atoms. The molecule has 0 fully saturated rings. The third-order valence-corrected chi connectivity index (χ3v) is 4.43. The van der Waals surface area contributed by atoms with Crippen LogP contribution in [0.5, 0.6) is 17.2 Å². The Morgan fingerprint density at radius 1 is 1.11 bits per heavy atom. The first-order valence-corrected chi connectivity index (χ1v) is 8.69. The maximum absolute atomic E-state index is 12.6. The van der Waals surface area contributed by atoms with Crippen molar-refractivity contribution < 1.29 is 28.5 Å². The molecule has 0 bridgehead atoms. The van der Waals surface area contributed by atoms with Gasteiger partial charge in [-0.3, -0.25) is 4.90 Å². The van der Waals surface area contributed by atoms with Gasteiger partial charge in [-0.15, -0.1) is 0 Å². The molecule has 0 saturated carbocycles. The first-order chi connectivity index (χ1) is 12.9. The number of urea groups is 1. The minimum absolute atomic E-state index is 0.234. The molecule has 2 rings (SSSR count). The van der Waals surface area contributed by atoms with Crippen molar-refractivity contribution >= 4 is 12.0 Å². The van der Waals surface area contributed by atoms with E-state index in [9.17, 15) is 9.59 Å². The smallest absolute Gasteiger partial charge is 0.338 e. The Hall–Kier alpha value is -2.90. The lowest BCUT2D eigenvalue weighted by Gasteiger charge is -2.35. The molecule has 1 heterocycles. The van der Waals surface area contributed by atoms with Crippen LogP contribution >= 0.6 is 0 Å². The van der Waals surface area contributed by atoms with Gasteiger partial charge in [-0.1, -0.05) is 0 Å². The van der Waals surface area contributed by atoms with Crippen molar-refractivity contribution in [3.63, 3.8) is 0 Å². The highest BCUT2D eigenvalue weighted by molar-refractivity contribution is 5.95. The fourth-order valence-electron chi connectivity index (χ4n) is 3.15. The molecular weight excluding hydrogens is 352 g/mol. The largest absolute Gasteiger partial charge is 0.493 e. The Kier molecular flexibility index (Phi) is 6.55. The summed E-state index contributed by atoms with van der Waals surface area (Å²) >= 11 is 0. The fraction of sp³-hybridized carbons (Fsp3) is 0.474. The third kappa shape index (κ3) is 3.79. The summed E-state index contributed by atoms with van der Waals surface area (Å²) in [7, 11) is 4.52. The number of methoxy groups -OCH3 is 3. The number of allylic oxidation sites excluding steroid dienone is 1. The fourth-order valence-corrected chi connectivity index (χ4v) is 3.15. The van der Waals surface area contributed by atoms with Crippen LogP contribution in [0.4, 0.5) is 4.79 Å². The molecule has 1 atom stereocenters. The predicted octanol–water partition coefficient (Wildman–Crippen LogP) is 2.64. The van der Waals surface area contributed by atoms with Gasteiger partial charge in [-0.25, -0.2) is 9.59 Å². The summed E-state index contributed by atoms with van der Waals surface area (Å²) in [6.45, 7) is 5.98. The van der Waals surface area contributed by atoms with E-state index in [1.54, 1.807) is 26.0 Å². The Balaban J connectivity index is 2.65. The van der Waals surface area contributed by atoms with Gasteiger partial charge in [-0.2, -0.15) is 0 Å². The number of nitrogens with zero attached hydrogens (tertiary/aromatic N) is 1. The second kappa shape index (κ2) is 8.66. The average molecular weight is 378 g/mol. The summed E-state index contributed by atoms with van der Waals surface area (Å²) in [5.41, 5.74) is 1.54. The van der Waals surface area contributed by atoms with Crippen molar-refractivity contribution in [2.75, 3.05) is 34.5 Å². The first-order valence-electron chi connectivity index (χ1n) is 8.69.